The highest BCUT2D eigenvalue weighted by atomic mass is 32.1. The van der Waals surface area contributed by atoms with Crippen LogP contribution in [-0.2, 0) is 20.9 Å². The molecule has 2 saturated heterocycles. The molecule has 6 heteroatoms. The van der Waals surface area contributed by atoms with Gasteiger partial charge in [0.05, 0.1) is 36.5 Å². The quantitative estimate of drug-likeness (QED) is 0.835. The summed E-state index contributed by atoms with van der Waals surface area (Å²) in [4.78, 5) is 18.2. The van der Waals surface area contributed by atoms with Gasteiger partial charge in [-0.05, 0) is 19.8 Å². The molecular weight excluding hydrogens is 300 g/mol. The molecule has 1 atom stereocenters. The lowest BCUT2D eigenvalue weighted by Gasteiger charge is -2.53. The van der Waals surface area contributed by atoms with Crippen LogP contribution in [0.25, 0.3) is 0 Å². The number of rotatable bonds is 5. The minimum absolute atomic E-state index is 0.162. The van der Waals surface area contributed by atoms with Crippen LogP contribution >= 0.6 is 11.3 Å². The molecule has 0 aromatic carbocycles. The lowest BCUT2D eigenvalue weighted by atomic mass is 9.84. The number of likely N-dealkylation sites (tertiary alicyclic amines) is 1. The highest BCUT2D eigenvalue weighted by Crippen LogP contribution is 2.36. The molecule has 1 spiro atoms. The van der Waals surface area contributed by atoms with Crippen molar-refractivity contribution in [1.29, 1.82) is 0 Å². The van der Waals surface area contributed by atoms with Crippen molar-refractivity contribution in [2.24, 2.45) is 0 Å². The number of aryl methyl sites for hydroxylation is 1. The molecule has 2 aliphatic rings. The molecule has 122 valence electrons. The fraction of sp³-hybridized carbons (Fsp3) is 0.750. The zero-order valence-corrected chi connectivity index (χ0v) is 14.2. The summed E-state index contributed by atoms with van der Waals surface area (Å²) in [5.41, 5.74) is 0.848. The smallest absolute Gasteiger partial charge is 0.222 e. The Morgan fingerprint density at radius 1 is 1.59 bits per heavy atom. The van der Waals surface area contributed by atoms with Crippen molar-refractivity contribution in [2.75, 3.05) is 19.7 Å². The molecule has 1 amide bonds. The summed E-state index contributed by atoms with van der Waals surface area (Å²) in [5, 5.41) is 3.13. The zero-order chi connectivity index (χ0) is 15.6. The van der Waals surface area contributed by atoms with Gasteiger partial charge >= 0.3 is 0 Å². The Balaban J connectivity index is 1.47. The second kappa shape index (κ2) is 6.64. The zero-order valence-electron chi connectivity index (χ0n) is 13.3. The van der Waals surface area contributed by atoms with E-state index in [-0.39, 0.29) is 17.6 Å². The summed E-state index contributed by atoms with van der Waals surface area (Å²) in [6.07, 6.45) is 3.56. The molecule has 0 radical (unpaired) electrons. The summed E-state index contributed by atoms with van der Waals surface area (Å²) in [5.74, 6) is 0.248. The van der Waals surface area contributed by atoms with E-state index < -0.39 is 0 Å². The van der Waals surface area contributed by atoms with E-state index in [0.717, 1.165) is 49.7 Å². The van der Waals surface area contributed by atoms with Gasteiger partial charge in [-0.2, -0.15) is 0 Å². The van der Waals surface area contributed by atoms with Crippen molar-refractivity contribution < 1.29 is 14.3 Å². The maximum absolute atomic E-state index is 11.9. The summed E-state index contributed by atoms with van der Waals surface area (Å²) in [6, 6.07) is 0. The Hall–Kier alpha value is -0.980. The van der Waals surface area contributed by atoms with Crippen molar-refractivity contribution in [3.05, 3.63) is 16.1 Å². The normalized spacial score (nSPS) is 23.5. The first kappa shape index (κ1) is 15.9. The standard InChI is InChI=1S/C16H24N2O3S/c1-3-4-15(19)18-10-16(11-18)7-14(5-6-21-16)20-8-13-9-22-12(2)17-13/h9,14H,3-8,10-11H2,1-2H3. The van der Waals surface area contributed by atoms with Gasteiger partial charge in [0.25, 0.3) is 0 Å². The van der Waals surface area contributed by atoms with E-state index in [9.17, 15) is 4.79 Å². The van der Waals surface area contributed by atoms with Crippen LogP contribution in [0, 0.1) is 6.92 Å². The van der Waals surface area contributed by atoms with Crippen LogP contribution in [0.2, 0.25) is 0 Å². The molecule has 5 nitrogen and oxygen atoms in total. The van der Waals surface area contributed by atoms with Crippen LogP contribution in [0.4, 0.5) is 0 Å². The van der Waals surface area contributed by atoms with Crippen LogP contribution in [0.1, 0.15) is 43.3 Å². The van der Waals surface area contributed by atoms with Gasteiger partial charge in [-0.15, -0.1) is 11.3 Å². The minimum Gasteiger partial charge on any atom is -0.372 e. The van der Waals surface area contributed by atoms with Crippen molar-refractivity contribution in [1.82, 2.24) is 9.88 Å². The SMILES string of the molecule is CCCC(=O)N1CC2(CC(OCc3csc(C)n3)CCO2)C1. The van der Waals surface area contributed by atoms with Crippen LogP contribution in [0.5, 0.6) is 0 Å². The van der Waals surface area contributed by atoms with Gasteiger partial charge in [-0.25, -0.2) is 4.98 Å². The van der Waals surface area contributed by atoms with Crippen LogP contribution in [0.15, 0.2) is 5.38 Å². The van der Waals surface area contributed by atoms with E-state index in [4.69, 9.17) is 9.47 Å². The molecule has 2 aliphatic heterocycles. The average molecular weight is 324 g/mol. The second-order valence-corrected chi connectivity index (χ2v) is 7.38. The number of carbonyl (C=O) groups is 1. The fourth-order valence-electron chi connectivity index (χ4n) is 3.22. The predicted octanol–water partition coefficient (Wildman–Crippen LogP) is 2.53. The van der Waals surface area contributed by atoms with E-state index in [1.54, 1.807) is 11.3 Å². The lowest BCUT2D eigenvalue weighted by Crippen LogP contribution is -2.67. The van der Waals surface area contributed by atoms with Crippen molar-refractivity contribution >= 4 is 17.2 Å². The minimum atomic E-state index is -0.162. The molecular formula is C16H24N2O3S. The number of amides is 1. The molecule has 0 saturated carbocycles. The van der Waals surface area contributed by atoms with Gasteiger partial charge < -0.3 is 14.4 Å². The molecule has 22 heavy (non-hydrogen) atoms. The van der Waals surface area contributed by atoms with Gasteiger partial charge in [0, 0.05) is 24.8 Å². The third-order valence-electron chi connectivity index (χ3n) is 4.36. The highest BCUT2D eigenvalue weighted by molar-refractivity contribution is 7.09. The summed E-state index contributed by atoms with van der Waals surface area (Å²) >= 11 is 1.65. The molecule has 3 heterocycles. The number of ether oxygens (including phenoxy) is 2. The van der Waals surface area contributed by atoms with E-state index in [2.05, 4.69) is 10.4 Å². The molecule has 0 aliphatic carbocycles. The summed E-state index contributed by atoms with van der Waals surface area (Å²) in [6.45, 7) is 6.78. The maximum atomic E-state index is 11.9. The number of thiazole rings is 1. The molecule has 0 N–H and O–H groups in total. The van der Waals surface area contributed by atoms with Gasteiger partial charge in [-0.3, -0.25) is 4.79 Å². The van der Waals surface area contributed by atoms with Crippen LogP contribution in [0.3, 0.4) is 0 Å². The summed E-state index contributed by atoms with van der Waals surface area (Å²) in [7, 11) is 0. The van der Waals surface area contributed by atoms with Crippen LogP contribution in [-0.4, -0.2) is 47.2 Å². The maximum Gasteiger partial charge on any atom is 0.222 e. The van der Waals surface area contributed by atoms with Gasteiger partial charge in [-0.1, -0.05) is 6.92 Å². The summed E-state index contributed by atoms with van der Waals surface area (Å²) < 4.78 is 12.0. The lowest BCUT2D eigenvalue weighted by molar-refractivity contribution is -0.202. The van der Waals surface area contributed by atoms with Crippen molar-refractivity contribution in [2.45, 2.75) is 57.8 Å². The molecule has 3 rings (SSSR count). The Kier molecular flexibility index (Phi) is 4.80. The van der Waals surface area contributed by atoms with Crippen molar-refractivity contribution in [3.63, 3.8) is 0 Å². The number of hydrogen-bond acceptors (Lipinski definition) is 5. The first-order valence-corrected chi connectivity index (χ1v) is 8.92. The monoisotopic (exact) mass is 324 g/mol. The Bertz CT molecular complexity index is 525. The molecule has 2 fully saturated rings. The van der Waals surface area contributed by atoms with E-state index in [1.807, 2.05) is 18.7 Å². The first-order valence-electron chi connectivity index (χ1n) is 8.04. The third kappa shape index (κ3) is 3.50. The number of hydrogen-bond donors (Lipinski definition) is 0. The molecule has 1 aromatic rings. The molecule has 1 aromatic heterocycles. The van der Waals surface area contributed by atoms with Gasteiger partial charge in [0.1, 0.15) is 5.60 Å². The number of aromatic nitrogens is 1. The Morgan fingerprint density at radius 2 is 2.41 bits per heavy atom. The van der Waals surface area contributed by atoms with Gasteiger partial charge in [0.2, 0.25) is 5.91 Å². The van der Waals surface area contributed by atoms with Crippen LogP contribution < -0.4 is 0 Å². The fourth-order valence-corrected chi connectivity index (χ4v) is 3.82. The highest BCUT2D eigenvalue weighted by Gasteiger charge is 2.49. The largest absolute Gasteiger partial charge is 0.372 e. The van der Waals surface area contributed by atoms with E-state index in [0.29, 0.717) is 13.0 Å². The third-order valence-corrected chi connectivity index (χ3v) is 5.18. The Labute approximate surface area is 135 Å². The number of nitrogens with zero attached hydrogens (tertiary/aromatic N) is 2. The first-order chi connectivity index (χ1) is 10.6. The molecule has 0 bridgehead atoms. The van der Waals surface area contributed by atoms with E-state index in [1.165, 1.54) is 0 Å². The molecule has 1 unspecified atom stereocenters. The number of carbonyl (C=O) groups excluding carboxylic acids is 1. The Morgan fingerprint density at radius 3 is 3.09 bits per heavy atom. The average Bonchev–Trinajstić information content (AvgIpc) is 2.89. The second-order valence-electron chi connectivity index (χ2n) is 6.31. The van der Waals surface area contributed by atoms with Crippen molar-refractivity contribution in [3.8, 4) is 0 Å². The topological polar surface area (TPSA) is 51.7 Å². The predicted molar refractivity (Wildman–Crippen MR) is 84.8 cm³/mol. The van der Waals surface area contributed by atoms with Gasteiger partial charge in [0.15, 0.2) is 0 Å². The van der Waals surface area contributed by atoms with E-state index >= 15 is 0 Å².